The molecule has 0 amide bonds. The van der Waals surface area contributed by atoms with Crippen LogP contribution in [0.2, 0.25) is 0 Å². The van der Waals surface area contributed by atoms with Crippen LogP contribution >= 0.6 is 11.8 Å². The second-order valence-electron chi connectivity index (χ2n) is 5.32. The van der Waals surface area contributed by atoms with Gasteiger partial charge in [-0.15, -0.1) is 0 Å². The van der Waals surface area contributed by atoms with Crippen LogP contribution in [-0.4, -0.2) is 22.5 Å². The average Bonchev–Trinajstić information content (AvgIpc) is 2.30. The Morgan fingerprint density at radius 1 is 1.37 bits per heavy atom. The number of thioether (sulfide) groups is 1. The molecule has 0 bridgehead atoms. The Balaban J connectivity index is 1.90. The van der Waals surface area contributed by atoms with Gasteiger partial charge in [-0.3, -0.25) is 4.99 Å². The number of nitrogens with zero attached hydrogens (tertiary/aromatic N) is 1. The van der Waals surface area contributed by atoms with Gasteiger partial charge in [0.2, 0.25) is 0 Å². The van der Waals surface area contributed by atoms with Crippen molar-refractivity contribution in [2.75, 3.05) is 0 Å². The molecule has 0 spiro atoms. The molecule has 19 heavy (non-hydrogen) atoms. The maximum absolute atomic E-state index is 12.8. The molecule has 4 heteroatoms. The van der Waals surface area contributed by atoms with Crippen LogP contribution in [0.15, 0.2) is 29.3 Å². The van der Waals surface area contributed by atoms with Crippen LogP contribution < -0.4 is 5.32 Å². The van der Waals surface area contributed by atoms with Crippen LogP contribution in [0.5, 0.6) is 0 Å². The van der Waals surface area contributed by atoms with E-state index in [0.29, 0.717) is 17.3 Å². The molecule has 1 N–H and O–H groups in total. The zero-order valence-corrected chi connectivity index (χ0v) is 12.5. The summed E-state index contributed by atoms with van der Waals surface area (Å²) >= 11 is 1.81. The summed E-state index contributed by atoms with van der Waals surface area (Å²) in [6, 6.07) is 7.41. The minimum atomic E-state index is -0.181. The van der Waals surface area contributed by atoms with E-state index in [4.69, 9.17) is 0 Å². The van der Waals surface area contributed by atoms with E-state index in [9.17, 15) is 4.39 Å². The lowest BCUT2D eigenvalue weighted by Gasteiger charge is -2.25. The second kappa shape index (κ2) is 6.42. The molecule has 1 heterocycles. The summed E-state index contributed by atoms with van der Waals surface area (Å²) in [7, 11) is 0. The maximum atomic E-state index is 12.8. The van der Waals surface area contributed by atoms with Crippen molar-refractivity contribution in [2.45, 2.75) is 50.9 Å². The summed E-state index contributed by atoms with van der Waals surface area (Å²) in [5.41, 5.74) is 1.14. The predicted molar refractivity (Wildman–Crippen MR) is 81.3 cm³/mol. The van der Waals surface area contributed by atoms with Gasteiger partial charge in [-0.2, -0.15) is 0 Å². The molecule has 2 rings (SSSR count). The highest BCUT2D eigenvalue weighted by Gasteiger charge is 2.19. The summed E-state index contributed by atoms with van der Waals surface area (Å²) in [5, 5.41) is 5.12. The van der Waals surface area contributed by atoms with Crippen molar-refractivity contribution < 1.29 is 4.39 Å². The lowest BCUT2D eigenvalue weighted by atomic mass is 10.1. The Bertz CT molecular complexity index is 444. The molecular formula is C15H21FN2S. The lowest BCUT2D eigenvalue weighted by Crippen LogP contribution is -2.36. The van der Waals surface area contributed by atoms with E-state index in [2.05, 4.69) is 31.1 Å². The number of amidine groups is 1. The van der Waals surface area contributed by atoms with E-state index in [1.54, 1.807) is 0 Å². The van der Waals surface area contributed by atoms with Gasteiger partial charge in [0.1, 0.15) is 5.82 Å². The fraction of sp³-hybridized carbons (Fsp3) is 0.533. The minimum Gasteiger partial charge on any atom is -0.362 e. The summed E-state index contributed by atoms with van der Waals surface area (Å²) in [4.78, 5) is 4.64. The third-order valence-electron chi connectivity index (χ3n) is 3.15. The molecule has 0 aliphatic carbocycles. The van der Waals surface area contributed by atoms with Crippen molar-refractivity contribution in [3.63, 3.8) is 0 Å². The van der Waals surface area contributed by atoms with Crippen molar-refractivity contribution >= 4 is 16.9 Å². The molecule has 0 saturated carbocycles. The van der Waals surface area contributed by atoms with E-state index in [-0.39, 0.29) is 5.82 Å². The molecule has 0 aromatic heterocycles. The Labute approximate surface area is 118 Å². The van der Waals surface area contributed by atoms with Crippen molar-refractivity contribution in [1.29, 1.82) is 0 Å². The number of rotatable bonds is 3. The molecular weight excluding hydrogens is 259 g/mol. The van der Waals surface area contributed by atoms with E-state index < -0.39 is 0 Å². The molecule has 104 valence electrons. The normalized spacial score (nSPS) is 24.7. The first kappa shape index (κ1) is 14.4. The Kier molecular flexibility index (Phi) is 4.86. The first-order chi connectivity index (χ1) is 9.02. The van der Waals surface area contributed by atoms with E-state index in [0.717, 1.165) is 23.6 Å². The quantitative estimate of drug-likeness (QED) is 0.914. The Morgan fingerprint density at radius 2 is 2.05 bits per heavy atom. The van der Waals surface area contributed by atoms with Gasteiger partial charge in [0.15, 0.2) is 5.17 Å². The summed E-state index contributed by atoms with van der Waals surface area (Å²) in [6.07, 6.45) is 2.02. The van der Waals surface area contributed by atoms with E-state index >= 15 is 0 Å². The molecule has 2 nitrogen and oxygen atoms in total. The molecule has 1 aliphatic rings. The van der Waals surface area contributed by atoms with Gasteiger partial charge >= 0.3 is 0 Å². The number of benzene rings is 1. The summed E-state index contributed by atoms with van der Waals surface area (Å²) in [5.74, 6) is -0.181. The predicted octanol–water partition coefficient (Wildman–Crippen LogP) is 3.62. The first-order valence-corrected chi connectivity index (χ1v) is 7.66. The molecule has 1 aromatic carbocycles. The molecule has 3 unspecified atom stereocenters. The smallest absolute Gasteiger partial charge is 0.157 e. The number of hydrogen-bond acceptors (Lipinski definition) is 3. The van der Waals surface area contributed by atoms with Crippen molar-refractivity contribution in [3.05, 3.63) is 35.6 Å². The SMILES string of the molecule is CC1CC(C)SC(NC(C)Cc2ccc(F)cc2)=N1. The Morgan fingerprint density at radius 3 is 2.68 bits per heavy atom. The molecule has 1 aromatic rings. The van der Waals surface area contributed by atoms with Crippen molar-refractivity contribution in [1.82, 2.24) is 5.32 Å². The average molecular weight is 280 g/mol. The van der Waals surface area contributed by atoms with Gasteiger partial charge in [0.05, 0.1) is 6.04 Å². The van der Waals surface area contributed by atoms with Crippen LogP contribution in [0.4, 0.5) is 4.39 Å². The lowest BCUT2D eigenvalue weighted by molar-refractivity contribution is 0.619. The van der Waals surface area contributed by atoms with Crippen LogP contribution in [0, 0.1) is 5.82 Å². The minimum absolute atomic E-state index is 0.181. The molecule has 0 fully saturated rings. The summed E-state index contributed by atoms with van der Waals surface area (Å²) < 4.78 is 12.8. The van der Waals surface area contributed by atoms with E-state index in [1.807, 2.05) is 23.9 Å². The van der Waals surface area contributed by atoms with Crippen LogP contribution in [0.1, 0.15) is 32.8 Å². The van der Waals surface area contributed by atoms with Gasteiger partial charge in [-0.25, -0.2) is 4.39 Å². The Hall–Kier alpha value is -1.03. The first-order valence-electron chi connectivity index (χ1n) is 6.78. The highest BCUT2D eigenvalue weighted by atomic mass is 32.2. The maximum Gasteiger partial charge on any atom is 0.157 e. The van der Waals surface area contributed by atoms with Gasteiger partial charge in [0.25, 0.3) is 0 Å². The van der Waals surface area contributed by atoms with Crippen LogP contribution in [0.25, 0.3) is 0 Å². The highest BCUT2D eigenvalue weighted by molar-refractivity contribution is 8.14. The van der Waals surface area contributed by atoms with Crippen LogP contribution in [-0.2, 0) is 6.42 Å². The number of hydrogen-bond donors (Lipinski definition) is 1. The third-order valence-corrected chi connectivity index (χ3v) is 4.19. The van der Waals surface area contributed by atoms with Gasteiger partial charge < -0.3 is 5.32 Å². The molecule has 1 aliphatic heterocycles. The van der Waals surface area contributed by atoms with E-state index in [1.165, 1.54) is 12.1 Å². The van der Waals surface area contributed by atoms with Gasteiger partial charge in [-0.05, 0) is 44.4 Å². The molecule has 0 saturated heterocycles. The second-order valence-corrected chi connectivity index (χ2v) is 6.75. The fourth-order valence-corrected chi connectivity index (χ4v) is 3.58. The zero-order chi connectivity index (χ0) is 13.8. The van der Waals surface area contributed by atoms with Crippen molar-refractivity contribution in [2.24, 2.45) is 4.99 Å². The fourth-order valence-electron chi connectivity index (χ4n) is 2.31. The number of halogens is 1. The largest absolute Gasteiger partial charge is 0.362 e. The zero-order valence-electron chi connectivity index (χ0n) is 11.7. The monoisotopic (exact) mass is 280 g/mol. The molecule has 3 atom stereocenters. The summed E-state index contributed by atoms with van der Waals surface area (Å²) in [6.45, 7) is 6.53. The highest BCUT2D eigenvalue weighted by Crippen LogP contribution is 2.24. The standard InChI is InChI=1S/C15H21FN2S/c1-10-8-12(3)19-15(17-10)18-11(2)9-13-4-6-14(16)7-5-13/h4-7,10-12H,8-9H2,1-3H3,(H,17,18). The van der Waals surface area contributed by atoms with Gasteiger partial charge in [-0.1, -0.05) is 30.8 Å². The van der Waals surface area contributed by atoms with Crippen molar-refractivity contribution in [3.8, 4) is 0 Å². The number of nitrogens with one attached hydrogen (secondary N) is 1. The third kappa shape index (κ3) is 4.53. The number of aliphatic imine (C=N–C) groups is 1. The topological polar surface area (TPSA) is 24.4 Å². The van der Waals surface area contributed by atoms with Gasteiger partial charge in [0, 0.05) is 11.3 Å². The van der Waals surface area contributed by atoms with Crippen LogP contribution in [0.3, 0.4) is 0 Å². The molecule has 0 radical (unpaired) electrons.